The molecule has 0 aliphatic carbocycles. The van der Waals surface area contributed by atoms with Gasteiger partial charge in [0, 0.05) is 33.0 Å². The summed E-state index contributed by atoms with van der Waals surface area (Å²) >= 11 is 0. The number of carbonyl (C=O) groups excluding carboxylic acids is 4. The van der Waals surface area contributed by atoms with E-state index in [0.29, 0.717) is 32.3 Å². The number of rotatable bonds is 4. The van der Waals surface area contributed by atoms with Crippen molar-refractivity contribution in [1.29, 1.82) is 0 Å². The van der Waals surface area contributed by atoms with Gasteiger partial charge in [-0.1, -0.05) is 48.5 Å². The normalized spacial score (nSPS) is 10.2. The molecule has 0 saturated heterocycles. The average Bonchev–Trinajstić information content (AvgIpc) is 2.75. The van der Waals surface area contributed by atoms with Gasteiger partial charge in [0.2, 0.25) is 0 Å². The predicted molar refractivity (Wildman–Crippen MR) is 105 cm³/mol. The van der Waals surface area contributed by atoms with Gasteiger partial charge in [0.05, 0.1) is 23.9 Å². The third-order valence-corrected chi connectivity index (χ3v) is 5.78. The van der Waals surface area contributed by atoms with Gasteiger partial charge < -0.3 is 39.6 Å². The Morgan fingerprint density at radius 1 is 0.361 bits per heavy atom. The molecule has 0 fully saturated rings. The molecule has 0 amide bonds. The number of carboxylic acid groups (broad SMARTS) is 4. The van der Waals surface area contributed by atoms with E-state index in [2.05, 4.69) is 0 Å². The molecular formula is C24H8K4O8. The summed E-state index contributed by atoms with van der Waals surface area (Å²) in [4.78, 5) is 46.9. The van der Waals surface area contributed by atoms with Crippen molar-refractivity contribution >= 4 is 67.0 Å². The van der Waals surface area contributed by atoms with Crippen LogP contribution in [0.25, 0.3) is 43.1 Å². The molecule has 0 aliphatic rings. The minimum absolute atomic E-state index is 0. The maximum Gasteiger partial charge on any atom is 1.00 e. The Balaban J connectivity index is 0.00000162. The third kappa shape index (κ3) is 5.90. The molecule has 0 saturated carbocycles. The second-order valence-corrected chi connectivity index (χ2v) is 7.29. The molecular weight excluding hydrogens is 573 g/mol. The van der Waals surface area contributed by atoms with Gasteiger partial charge in [-0.05, 0) is 32.3 Å². The van der Waals surface area contributed by atoms with Gasteiger partial charge in [-0.2, -0.15) is 0 Å². The van der Waals surface area contributed by atoms with Gasteiger partial charge in [-0.3, -0.25) is 0 Å². The van der Waals surface area contributed by atoms with E-state index in [1.165, 1.54) is 48.5 Å². The van der Waals surface area contributed by atoms with Crippen LogP contribution < -0.4 is 226 Å². The molecule has 5 aromatic rings. The van der Waals surface area contributed by atoms with Crippen LogP contribution in [0.3, 0.4) is 0 Å². The zero-order chi connectivity index (χ0) is 22.9. The van der Waals surface area contributed by atoms with Crippen LogP contribution in [0.4, 0.5) is 0 Å². The molecule has 0 heterocycles. The quantitative estimate of drug-likeness (QED) is 0.115. The van der Waals surface area contributed by atoms with Crippen LogP contribution in [-0.2, 0) is 0 Å². The zero-order valence-corrected chi connectivity index (χ0v) is 32.4. The Morgan fingerprint density at radius 3 is 0.722 bits per heavy atom. The van der Waals surface area contributed by atoms with E-state index in [1.807, 2.05) is 0 Å². The molecule has 0 atom stereocenters. The van der Waals surface area contributed by atoms with Crippen LogP contribution in [0.2, 0.25) is 0 Å². The van der Waals surface area contributed by atoms with Crippen molar-refractivity contribution in [2.75, 3.05) is 0 Å². The van der Waals surface area contributed by atoms with Gasteiger partial charge in [0.25, 0.3) is 0 Å². The fraction of sp³-hybridized carbons (Fsp3) is 0. The standard InChI is InChI=1S/C24H12O8.4K/c25-21(26)13-5-1-9-10-2-6-15(23(29)30)20-16(24(31)32)8-4-12(18(10)20)11-3-7-14(22(27)28)19(13)17(9)11;;;;/h1-8H,(H,25,26)(H,27,28)(H,29,30)(H,31,32);;;;/q;4*+1/p-4. The molecule has 0 radical (unpaired) electrons. The molecule has 12 heteroatoms. The maximum absolute atomic E-state index is 11.7. The van der Waals surface area contributed by atoms with Crippen LogP contribution in [0.5, 0.6) is 0 Å². The molecule has 0 spiro atoms. The molecule has 0 N–H and O–H groups in total. The van der Waals surface area contributed by atoms with E-state index < -0.39 is 23.9 Å². The van der Waals surface area contributed by atoms with Gasteiger partial charge >= 0.3 is 206 Å². The number of hydrogen-bond donors (Lipinski definition) is 0. The number of carbonyl (C=O) groups is 4. The predicted octanol–water partition coefficient (Wildman–Crippen LogP) is -12.8. The van der Waals surface area contributed by atoms with E-state index in [-0.39, 0.29) is 239 Å². The van der Waals surface area contributed by atoms with Crippen molar-refractivity contribution in [1.82, 2.24) is 0 Å². The smallest absolute Gasteiger partial charge is 0.545 e. The second-order valence-electron chi connectivity index (χ2n) is 7.29. The summed E-state index contributed by atoms with van der Waals surface area (Å²) in [6, 6.07) is 10.5. The van der Waals surface area contributed by atoms with E-state index >= 15 is 0 Å². The SMILES string of the molecule is O=C([O-])c1ccc2c3ccc(C(=O)[O-])c4c(C(=O)[O-])ccc(c5ccc(C(=O)[O-])c1c25)c43.[K+].[K+].[K+].[K+]. The van der Waals surface area contributed by atoms with Crippen molar-refractivity contribution in [3.63, 3.8) is 0 Å². The largest absolute Gasteiger partial charge is 1.00 e. The number of aromatic carboxylic acids is 4. The number of benzene rings is 5. The Labute approximate surface area is 373 Å². The Kier molecular flexibility index (Phi) is 14.1. The first-order valence-corrected chi connectivity index (χ1v) is 9.28. The summed E-state index contributed by atoms with van der Waals surface area (Å²) in [6.45, 7) is 0. The van der Waals surface area contributed by atoms with Crippen molar-refractivity contribution in [2.24, 2.45) is 0 Å². The third-order valence-electron chi connectivity index (χ3n) is 5.78. The van der Waals surface area contributed by atoms with Crippen LogP contribution in [0.15, 0.2) is 48.5 Å². The molecule has 0 aromatic heterocycles. The first-order valence-electron chi connectivity index (χ1n) is 9.28. The Hall–Kier alpha value is 1.83. The van der Waals surface area contributed by atoms with E-state index in [9.17, 15) is 39.6 Å². The van der Waals surface area contributed by atoms with Crippen LogP contribution in [-0.4, -0.2) is 23.9 Å². The molecule has 156 valence electrons. The number of fused-ring (bicyclic) bond motifs is 2. The maximum atomic E-state index is 11.7. The summed E-state index contributed by atoms with van der Waals surface area (Å²) in [5.74, 6) is -6.31. The average molecular weight is 581 g/mol. The summed E-state index contributed by atoms with van der Waals surface area (Å²) in [5.41, 5.74) is -1.38. The Bertz CT molecular complexity index is 1460. The van der Waals surface area contributed by atoms with Crippen molar-refractivity contribution in [2.45, 2.75) is 0 Å². The van der Waals surface area contributed by atoms with Crippen molar-refractivity contribution in [3.05, 3.63) is 70.8 Å². The molecule has 0 unspecified atom stereocenters. The van der Waals surface area contributed by atoms with Crippen LogP contribution >= 0.6 is 0 Å². The molecule has 36 heavy (non-hydrogen) atoms. The van der Waals surface area contributed by atoms with E-state index in [1.54, 1.807) is 0 Å². The van der Waals surface area contributed by atoms with Gasteiger partial charge in [0.1, 0.15) is 0 Å². The first-order chi connectivity index (χ1) is 15.2. The minimum Gasteiger partial charge on any atom is -0.545 e. The molecule has 0 bridgehead atoms. The molecule has 5 rings (SSSR count). The summed E-state index contributed by atoms with van der Waals surface area (Å²) in [6.07, 6.45) is 0. The number of hydrogen-bond acceptors (Lipinski definition) is 8. The van der Waals surface area contributed by atoms with Crippen LogP contribution in [0.1, 0.15) is 41.4 Å². The van der Waals surface area contributed by atoms with E-state index in [4.69, 9.17) is 0 Å². The summed E-state index contributed by atoms with van der Waals surface area (Å²) in [7, 11) is 0. The van der Waals surface area contributed by atoms with Gasteiger partial charge in [-0.25, -0.2) is 0 Å². The fourth-order valence-corrected chi connectivity index (χ4v) is 4.57. The zero-order valence-electron chi connectivity index (χ0n) is 19.9. The van der Waals surface area contributed by atoms with Crippen molar-refractivity contribution in [3.8, 4) is 0 Å². The molecule has 5 aromatic carbocycles. The minimum atomic E-state index is -1.58. The van der Waals surface area contributed by atoms with Crippen molar-refractivity contribution < 1.29 is 245 Å². The summed E-state index contributed by atoms with van der Waals surface area (Å²) < 4.78 is 0. The van der Waals surface area contributed by atoms with E-state index in [0.717, 1.165) is 0 Å². The fourth-order valence-electron chi connectivity index (χ4n) is 4.57. The number of carboxylic acids is 4. The van der Waals surface area contributed by atoms with Gasteiger partial charge in [0.15, 0.2) is 0 Å². The molecule has 8 nitrogen and oxygen atoms in total. The second kappa shape index (κ2) is 14.1. The summed E-state index contributed by atoms with van der Waals surface area (Å²) in [5, 5.41) is 48.9. The Morgan fingerprint density at radius 2 is 0.556 bits per heavy atom. The topological polar surface area (TPSA) is 161 Å². The first kappa shape index (κ1) is 35.9. The monoisotopic (exact) mass is 580 g/mol. The van der Waals surface area contributed by atoms with Crippen LogP contribution in [0, 0.1) is 0 Å². The molecule has 0 aliphatic heterocycles. The van der Waals surface area contributed by atoms with Gasteiger partial charge in [-0.15, -0.1) is 0 Å².